The van der Waals surface area contributed by atoms with Crippen molar-refractivity contribution in [3.05, 3.63) is 46.9 Å². The molecule has 1 aromatic carbocycles. The van der Waals surface area contributed by atoms with Gasteiger partial charge in [0.05, 0.1) is 11.9 Å². The highest BCUT2D eigenvalue weighted by Gasteiger charge is 2.17. The molecule has 3 aromatic rings. The lowest BCUT2D eigenvalue weighted by molar-refractivity contribution is 0.299. The molecule has 0 bridgehead atoms. The number of rotatable bonds is 5. The SMILES string of the molecule is Cc1cc(Oc2nc(-c3cnc(C(C)(C)C)cn3)ns2)c(C)cc1CCO. The van der Waals surface area contributed by atoms with Gasteiger partial charge in [-0.2, -0.15) is 9.36 Å². The van der Waals surface area contributed by atoms with Crippen LogP contribution in [-0.2, 0) is 11.8 Å². The monoisotopic (exact) mass is 384 g/mol. The molecule has 0 saturated carbocycles. The van der Waals surface area contributed by atoms with Gasteiger partial charge in [-0.3, -0.25) is 4.98 Å². The molecule has 0 radical (unpaired) electrons. The van der Waals surface area contributed by atoms with Gasteiger partial charge in [0.15, 0.2) is 5.82 Å². The van der Waals surface area contributed by atoms with E-state index >= 15 is 0 Å². The zero-order valence-electron chi connectivity index (χ0n) is 16.3. The molecule has 0 aliphatic carbocycles. The van der Waals surface area contributed by atoms with Gasteiger partial charge in [-0.1, -0.05) is 26.8 Å². The maximum Gasteiger partial charge on any atom is 0.299 e. The van der Waals surface area contributed by atoms with E-state index in [2.05, 4.69) is 40.1 Å². The first-order chi connectivity index (χ1) is 12.8. The Morgan fingerprint density at radius 3 is 2.48 bits per heavy atom. The predicted molar refractivity (Wildman–Crippen MR) is 106 cm³/mol. The van der Waals surface area contributed by atoms with Crippen molar-refractivity contribution in [1.29, 1.82) is 0 Å². The Hall–Kier alpha value is -2.38. The van der Waals surface area contributed by atoms with Crippen LogP contribution in [0, 0.1) is 13.8 Å². The van der Waals surface area contributed by atoms with Gasteiger partial charge in [0.25, 0.3) is 5.19 Å². The number of ether oxygens (including phenoxy) is 1. The predicted octanol–water partition coefficient (Wildman–Crippen LogP) is 4.24. The average Bonchev–Trinajstić information content (AvgIpc) is 3.07. The van der Waals surface area contributed by atoms with Crippen LogP contribution in [0.5, 0.6) is 10.9 Å². The van der Waals surface area contributed by atoms with Gasteiger partial charge in [-0.25, -0.2) is 4.98 Å². The largest absolute Gasteiger partial charge is 0.430 e. The van der Waals surface area contributed by atoms with E-state index in [1.165, 1.54) is 11.5 Å². The third-order valence-corrected chi connectivity index (χ3v) is 4.86. The van der Waals surface area contributed by atoms with Gasteiger partial charge in [-0.15, -0.1) is 0 Å². The van der Waals surface area contributed by atoms with E-state index in [0.717, 1.165) is 28.1 Å². The highest BCUT2D eigenvalue weighted by atomic mass is 32.1. The van der Waals surface area contributed by atoms with Crippen molar-refractivity contribution in [3.8, 4) is 22.5 Å². The number of benzene rings is 1. The maximum absolute atomic E-state index is 9.15. The molecule has 0 atom stereocenters. The van der Waals surface area contributed by atoms with Crippen LogP contribution in [0.3, 0.4) is 0 Å². The minimum Gasteiger partial charge on any atom is -0.430 e. The topological polar surface area (TPSA) is 81.0 Å². The van der Waals surface area contributed by atoms with Gasteiger partial charge in [0, 0.05) is 29.8 Å². The molecule has 0 spiro atoms. The molecule has 7 heteroatoms. The number of aryl methyl sites for hydroxylation is 2. The minimum atomic E-state index is -0.0487. The quantitative estimate of drug-likeness (QED) is 0.709. The lowest BCUT2D eigenvalue weighted by atomic mass is 9.93. The van der Waals surface area contributed by atoms with Crippen LogP contribution in [0.15, 0.2) is 24.5 Å². The second-order valence-corrected chi connectivity index (χ2v) is 8.26. The van der Waals surface area contributed by atoms with Crippen molar-refractivity contribution in [2.45, 2.75) is 46.5 Å². The molecular formula is C20H24N4O2S. The Morgan fingerprint density at radius 1 is 1.07 bits per heavy atom. The van der Waals surface area contributed by atoms with E-state index in [0.29, 0.717) is 23.1 Å². The van der Waals surface area contributed by atoms with Gasteiger partial charge in [-0.05, 0) is 43.0 Å². The standard InChI is InChI=1S/C20H24N4O2S/c1-12-9-16(13(2)8-14(12)6-7-25)26-19-23-18(24-27-19)15-10-22-17(11-21-15)20(3,4)5/h8-11,25H,6-7H2,1-5H3. The third kappa shape index (κ3) is 4.48. The van der Waals surface area contributed by atoms with E-state index in [4.69, 9.17) is 9.84 Å². The molecule has 142 valence electrons. The summed E-state index contributed by atoms with van der Waals surface area (Å²) < 4.78 is 10.3. The van der Waals surface area contributed by atoms with Crippen molar-refractivity contribution in [1.82, 2.24) is 19.3 Å². The first-order valence-electron chi connectivity index (χ1n) is 8.83. The highest BCUT2D eigenvalue weighted by molar-refractivity contribution is 7.07. The second kappa shape index (κ2) is 7.70. The van der Waals surface area contributed by atoms with Crippen LogP contribution in [0.1, 0.15) is 43.2 Å². The summed E-state index contributed by atoms with van der Waals surface area (Å²) in [7, 11) is 0. The van der Waals surface area contributed by atoms with E-state index in [9.17, 15) is 0 Å². The summed E-state index contributed by atoms with van der Waals surface area (Å²) >= 11 is 1.19. The summed E-state index contributed by atoms with van der Waals surface area (Å²) in [5.74, 6) is 1.25. The fourth-order valence-corrected chi connectivity index (χ4v) is 3.18. The van der Waals surface area contributed by atoms with Crippen molar-refractivity contribution in [2.75, 3.05) is 6.61 Å². The smallest absolute Gasteiger partial charge is 0.299 e. The minimum absolute atomic E-state index is 0.0487. The number of aliphatic hydroxyl groups excluding tert-OH is 1. The lowest BCUT2D eigenvalue weighted by Crippen LogP contribution is -2.13. The van der Waals surface area contributed by atoms with Crippen LogP contribution in [0.25, 0.3) is 11.5 Å². The molecular weight excluding hydrogens is 360 g/mol. The van der Waals surface area contributed by atoms with Crippen molar-refractivity contribution in [3.63, 3.8) is 0 Å². The molecule has 6 nitrogen and oxygen atoms in total. The second-order valence-electron chi connectivity index (χ2n) is 7.54. The number of hydrogen-bond donors (Lipinski definition) is 1. The molecule has 0 aliphatic heterocycles. The van der Waals surface area contributed by atoms with E-state index < -0.39 is 0 Å². The molecule has 0 aliphatic rings. The normalized spacial score (nSPS) is 11.6. The zero-order chi connectivity index (χ0) is 19.6. The van der Waals surface area contributed by atoms with Gasteiger partial charge in [0.2, 0.25) is 0 Å². The van der Waals surface area contributed by atoms with Gasteiger partial charge >= 0.3 is 0 Å². The number of aliphatic hydroxyl groups is 1. The Balaban J connectivity index is 1.79. The molecule has 2 heterocycles. The zero-order valence-corrected chi connectivity index (χ0v) is 17.1. The lowest BCUT2D eigenvalue weighted by Gasteiger charge is -2.16. The Morgan fingerprint density at radius 2 is 1.85 bits per heavy atom. The Labute approximate surface area is 163 Å². The molecule has 27 heavy (non-hydrogen) atoms. The van der Waals surface area contributed by atoms with E-state index in [-0.39, 0.29) is 12.0 Å². The summed E-state index contributed by atoms with van der Waals surface area (Å²) in [6.07, 6.45) is 4.11. The van der Waals surface area contributed by atoms with Crippen molar-refractivity contribution in [2.24, 2.45) is 0 Å². The van der Waals surface area contributed by atoms with Crippen LogP contribution in [0.4, 0.5) is 0 Å². The molecule has 0 saturated heterocycles. The molecule has 0 unspecified atom stereocenters. The molecule has 1 N–H and O–H groups in total. The fraction of sp³-hybridized carbons (Fsp3) is 0.400. The molecule has 3 rings (SSSR count). The highest BCUT2D eigenvalue weighted by Crippen LogP contribution is 2.31. The Bertz CT molecular complexity index is 930. The average molecular weight is 385 g/mol. The summed E-state index contributed by atoms with van der Waals surface area (Å²) in [4.78, 5) is 13.4. The maximum atomic E-state index is 9.15. The first-order valence-corrected chi connectivity index (χ1v) is 9.60. The number of hydrogen-bond acceptors (Lipinski definition) is 7. The van der Waals surface area contributed by atoms with E-state index in [1.54, 1.807) is 12.4 Å². The summed E-state index contributed by atoms with van der Waals surface area (Å²) in [6, 6.07) is 4.01. The molecule has 0 amide bonds. The third-order valence-electron chi connectivity index (χ3n) is 4.27. The van der Waals surface area contributed by atoms with Gasteiger partial charge < -0.3 is 9.84 Å². The van der Waals surface area contributed by atoms with Crippen LogP contribution in [0.2, 0.25) is 0 Å². The number of aromatic nitrogens is 4. The van der Waals surface area contributed by atoms with Crippen molar-refractivity contribution >= 4 is 11.5 Å². The van der Waals surface area contributed by atoms with Crippen LogP contribution >= 0.6 is 11.5 Å². The summed E-state index contributed by atoms with van der Waals surface area (Å²) in [5.41, 5.74) is 4.70. The van der Waals surface area contributed by atoms with Gasteiger partial charge in [0.1, 0.15) is 11.4 Å². The van der Waals surface area contributed by atoms with Crippen LogP contribution < -0.4 is 4.74 Å². The Kier molecular flexibility index (Phi) is 5.53. The first kappa shape index (κ1) is 19.4. The van der Waals surface area contributed by atoms with Crippen LogP contribution in [-0.4, -0.2) is 31.0 Å². The van der Waals surface area contributed by atoms with Crippen molar-refractivity contribution < 1.29 is 9.84 Å². The summed E-state index contributed by atoms with van der Waals surface area (Å²) in [5, 5.41) is 9.62. The molecule has 2 aromatic heterocycles. The fourth-order valence-electron chi connectivity index (χ4n) is 2.63. The number of nitrogens with zero attached hydrogens (tertiary/aromatic N) is 4. The summed E-state index contributed by atoms with van der Waals surface area (Å²) in [6.45, 7) is 10.4. The molecule has 0 fully saturated rings. The van der Waals surface area contributed by atoms with E-state index in [1.807, 2.05) is 26.0 Å².